The topological polar surface area (TPSA) is 68.4 Å². The molecule has 0 bridgehead atoms. The Balaban J connectivity index is 2.53. The van der Waals surface area contributed by atoms with Gasteiger partial charge in [-0.1, -0.05) is 5.16 Å². The average molecular weight is 220 g/mol. The van der Waals surface area contributed by atoms with E-state index in [-0.39, 0.29) is 11.6 Å². The summed E-state index contributed by atoms with van der Waals surface area (Å²) in [6.07, 6.45) is 1.62. The van der Waals surface area contributed by atoms with Gasteiger partial charge in [-0.3, -0.25) is 0 Å². The Morgan fingerprint density at radius 2 is 2.12 bits per heavy atom. The Labute approximate surface area is 92.7 Å². The highest BCUT2D eigenvalue weighted by Crippen LogP contribution is 2.32. The first-order chi connectivity index (χ1) is 7.63. The van der Waals surface area contributed by atoms with Crippen molar-refractivity contribution in [3.63, 3.8) is 0 Å². The van der Waals surface area contributed by atoms with Crippen molar-refractivity contribution in [3.8, 4) is 22.8 Å². The van der Waals surface area contributed by atoms with Crippen molar-refractivity contribution in [2.45, 2.75) is 13.8 Å². The van der Waals surface area contributed by atoms with E-state index in [2.05, 4.69) is 10.1 Å². The van der Waals surface area contributed by atoms with E-state index in [4.69, 9.17) is 9.26 Å². The molecule has 0 spiro atoms. The fraction of sp³-hybridized carbons (Fsp3) is 0.273. The molecule has 1 N–H and O–H groups in total. The molecular weight excluding hydrogens is 208 g/mol. The Morgan fingerprint density at radius 1 is 1.38 bits per heavy atom. The second kappa shape index (κ2) is 3.84. The first-order valence-corrected chi connectivity index (χ1v) is 4.79. The van der Waals surface area contributed by atoms with Crippen LogP contribution in [0.5, 0.6) is 11.6 Å². The van der Waals surface area contributed by atoms with Gasteiger partial charge in [-0.15, -0.1) is 0 Å². The van der Waals surface area contributed by atoms with Crippen LogP contribution in [0.15, 0.2) is 16.8 Å². The zero-order valence-electron chi connectivity index (χ0n) is 9.31. The number of aromatic nitrogens is 2. The molecule has 0 saturated carbocycles. The number of nitrogens with zero attached hydrogens (tertiary/aromatic N) is 2. The molecule has 2 aromatic rings. The minimum Gasteiger partial charge on any atom is -0.503 e. The Kier molecular flexibility index (Phi) is 2.52. The highest BCUT2D eigenvalue weighted by atomic mass is 16.5. The molecule has 0 fully saturated rings. The van der Waals surface area contributed by atoms with Crippen LogP contribution in [0.25, 0.3) is 11.1 Å². The Morgan fingerprint density at radius 3 is 2.62 bits per heavy atom. The summed E-state index contributed by atoms with van der Waals surface area (Å²) in [7, 11) is 1.46. The minimum absolute atomic E-state index is 0.000000000000000222. The van der Waals surface area contributed by atoms with Gasteiger partial charge < -0.3 is 14.4 Å². The predicted molar refractivity (Wildman–Crippen MR) is 57.4 cm³/mol. The number of hydrogen-bond acceptors (Lipinski definition) is 5. The predicted octanol–water partition coefficient (Wildman–Crippen LogP) is 2.07. The fourth-order valence-electron chi connectivity index (χ4n) is 1.63. The van der Waals surface area contributed by atoms with E-state index < -0.39 is 0 Å². The number of aryl methyl sites for hydroxylation is 2. The second-order valence-corrected chi connectivity index (χ2v) is 3.45. The minimum atomic E-state index is 0.000000000000000222. The molecular formula is C11H12N2O3. The molecule has 0 atom stereocenters. The van der Waals surface area contributed by atoms with Crippen molar-refractivity contribution in [2.24, 2.45) is 0 Å². The largest absolute Gasteiger partial charge is 0.503 e. The first kappa shape index (κ1) is 10.5. The molecule has 0 aromatic carbocycles. The maximum atomic E-state index is 9.63. The van der Waals surface area contributed by atoms with Crippen molar-refractivity contribution >= 4 is 0 Å². The molecule has 0 unspecified atom stereocenters. The van der Waals surface area contributed by atoms with Gasteiger partial charge in [0, 0.05) is 17.3 Å². The molecule has 5 heteroatoms. The lowest BCUT2D eigenvalue weighted by Crippen LogP contribution is -1.89. The smallest absolute Gasteiger partial charge is 0.256 e. The van der Waals surface area contributed by atoms with Crippen LogP contribution in [0.2, 0.25) is 0 Å². The quantitative estimate of drug-likeness (QED) is 0.839. The van der Waals surface area contributed by atoms with E-state index in [1.807, 2.05) is 13.8 Å². The van der Waals surface area contributed by atoms with E-state index in [9.17, 15) is 5.11 Å². The fourth-order valence-corrected chi connectivity index (χ4v) is 1.63. The first-order valence-electron chi connectivity index (χ1n) is 4.79. The van der Waals surface area contributed by atoms with Gasteiger partial charge in [-0.25, -0.2) is 4.98 Å². The highest BCUT2D eigenvalue weighted by Gasteiger charge is 2.14. The lowest BCUT2D eigenvalue weighted by Gasteiger charge is -2.04. The third-order valence-electron chi connectivity index (χ3n) is 2.35. The van der Waals surface area contributed by atoms with Gasteiger partial charge in [0.25, 0.3) is 5.88 Å². The summed E-state index contributed by atoms with van der Waals surface area (Å²) < 4.78 is 9.93. The van der Waals surface area contributed by atoms with Crippen LogP contribution >= 0.6 is 0 Å². The third kappa shape index (κ3) is 1.60. The van der Waals surface area contributed by atoms with Crippen LogP contribution in [0, 0.1) is 13.8 Å². The van der Waals surface area contributed by atoms with Crippen molar-refractivity contribution in [1.82, 2.24) is 10.1 Å². The summed E-state index contributed by atoms with van der Waals surface area (Å²) in [4.78, 5) is 3.99. The lowest BCUT2D eigenvalue weighted by molar-refractivity contribution is 0.359. The maximum Gasteiger partial charge on any atom is 0.256 e. The molecule has 0 aliphatic heterocycles. The summed E-state index contributed by atoms with van der Waals surface area (Å²) in [5, 5.41) is 13.5. The number of methoxy groups -OCH3 is 1. The normalized spacial score (nSPS) is 10.4. The summed E-state index contributed by atoms with van der Waals surface area (Å²) in [6, 6.07) is 1.58. The van der Waals surface area contributed by atoms with E-state index >= 15 is 0 Å². The van der Waals surface area contributed by atoms with Gasteiger partial charge in [0.1, 0.15) is 5.76 Å². The monoisotopic (exact) mass is 220 g/mol. The van der Waals surface area contributed by atoms with Crippen LogP contribution in [0.3, 0.4) is 0 Å². The molecule has 0 amide bonds. The van der Waals surface area contributed by atoms with Crippen LogP contribution in [-0.2, 0) is 0 Å². The van der Waals surface area contributed by atoms with Crippen LogP contribution in [0.4, 0.5) is 0 Å². The molecule has 16 heavy (non-hydrogen) atoms. The SMILES string of the molecule is COc1ncc(-c2c(C)noc2C)cc1O. The maximum absolute atomic E-state index is 9.63. The number of rotatable bonds is 2. The van der Waals surface area contributed by atoms with Gasteiger partial charge in [-0.05, 0) is 19.9 Å². The van der Waals surface area contributed by atoms with E-state index in [1.165, 1.54) is 7.11 Å². The third-order valence-corrected chi connectivity index (χ3v) is 2.35. The molecule has 0 aliphatic rings. The summed E-state index contributed by atoms with van der Waals surface area (Å²) in [5.74, 6) is 0.902. The Hall–Kier alpha value is -2.04. The summed E-state index contributed by atoms with van der Waals surface area (Å²) in [6.45, 7) is 3.66. The van der Waals surface area contributed by atoms with Crippen molar-refractivity contribution < 1.29 is 14.4 Å². The average Bonchev–Trinajstić information content (AvgIpc) is 2.58. The van der Waals surface area contributed by atoms with Gasteiger partial charge in [0.15, 0.2) is 5.75 Å². The Bertz CT molecular complexity index is 500. The van der Waals surface area contributed by atoms with Crippen LogP contribution < -0.4 is 4.74 Å². The lowest BCUT2D eigenvalue weighted by atomic mass is 10.1. The van der Waals surface area contributed by atoms with Gasteiger partial charge in [0.2, 0.25) is 0 Å². The van der Waals surface area contributed by atoms with E-state index in [1.54, 1.807) is 12.3 Å². The van der Waals surface area contributed by atoms with Crippen LogP contribution in [0.1, 0.15) is 11.5 Å². The van der Waals surface area contributed by atoms with Crippen molar-refractivity contribution in [2.75, 3.05) is 7.11 Å². The summed E-state index contributed by atoms with van der Waals surface area (Å²) in [5.41, 5.74) is 2.38. The molecule has 5 nitrogen and oxygen atoms in total. The van der Waals surface area contributed by atoms with Crippen molar-refractivity contribution in [3.05, 3.63) is 23.7 Å². The molecule has 0 radical (unpaired) electrons. The number of ether oxygens (including phenoxy) is 1. The number of hydrogen-bond donors (Lipinski definition) is 1. The van der Waals surface area contributed by atoms with E-state index in [0.29, 0.717) is 5.76 Å². The number of pyridine rings is 1. The van der Waals surface area contributed by atoms with Crippen molar-refractivity contribution in [1.29, 1.82) is 0 Å². The second-order valence-electron chi connectivity index (χ2n) is 3.45. The molecule has 0 aliphatic carbocycles. The molecule has 0 saturated heterocycles. The molecule has 2 heterocycles. The standard InChI is InChI=1S/C11H12N2O3/c1-6-10(7(2)16-13-6)8-4-9(14)11(15-3)12-5-8/h4-5,14H,1-3H3. The molecule has 2 aromatic heterocycles. The molecule has 84 valence electrons. The zero-order chi connectivity index (χ0) is 11.7. The zero-order valence-corrected chi connectivity index (χ0v) is 9.31. The van der Waals surface area contributed by atoms with Gasteiger partial charge in [-0.2, -0.15) is 0 Å². The summed E-state index contributed by atoms with van der Waals surface area (Å²) >= 11 is 0. The van der Waals surface area contributed by atoms with Gasteiger partial charge in [0.05, 0.1) is 12.8 Å². The number of aromatic hydroxyl groups is 1. The highest BCUT2D eigenvalue weighted by molar-refractivity contribution is 5.68. The van der Waals surface area contributed by atoms with Gasteiger partial charge >= 0.3 is 0 Å². The van der Waals surface area contributed by atoms with Crippen LogP contribution in [-0.4, -0.2) is 22.4 Å². The van der Waals surface area contributed by atoms with E-state index in [0.717, 1.165) is 16.8 Å². The molecule has 2 rings (SSSR count).